The zero-order valence-corrected chi connectivity index (χ0v) is 21.0. The minimum absolute atomic E-state index is 0.0845. The Balaban J connectivity index is 1.52. The summed E-state index contributed by atoms with van der Waals surface area (Å²) in [4.78, 5) is 19.4. The first-order valence-corrected chi connectivity index (χ1v) is 12.0. The molecule has 1 fully saturated rings. The second-order valence-electron chi connectivity index (χ2n) is 9.23. The number of amides is 1. The van der Waals surface area contributed by atoms with Gasteiger partial charge < -0.3 is 18.7 Å². The number of piperidine rings is 1. The molecule has 0 saturated carbocycles. The SMILES string of the molecule is COCC(C)n1c(C)cc(/C=C(\C#N)C(=O)N2CCCC(c3nc(-c4cccc(F)c4)no3)C2)c1C. The number of rotatable bonds is 7. The number of nitrogens with zero attached hydrogens (tertiary/aromatic N) is 5. The molecule has 4 rings (SSSR count). The quantitative estimate of drug-likeness (QED) is 0.347. The van der Waals surface area contributed by atoms with Crippen molar-refractivity contribution in [3.63, 3.8) is 0 Å². The number of aryl methyl sites for hydroxylation is 1. The Kier molecular flexibility index (Phi) is 7.65. The van der Waals surface area contributed by atoms with Crippen LogP contribution >= 0.6 is 0 Å². The van der Waals surface area contributed by atoms with Crippen molar-refractivity contribution in [3.05, 3.63) is 64.6 Å². The van der Waals surface area contributed by atoms with Crippen LogP contribution in [0.15, 0.2) is 40.4 Å². The lowest BCUT2D eigenvalue weighted by molar-refractivity contribution is -0.127. The molecular formula is C27H30FN5O3. The molecule has 1 aliphatic rings. The van der Waals surface area contributed by atoms with Gasteiger partial charge in [-0.15, -0.1) is 0 Å². The molecule has 0 aliphatic carbocycles. The Morgan fingerprint density at radius 2 is 2.19 bits per heavy atom. The molecule has 188 valence electrons. The third-order valence-corrected chi connectivity index (χ3v) is 6.61. The molecule has 9 heteroatoms. The van der Waals surface area contributed by atoms with Gasteiger partial charge in [0.1, 0.15) is 17.5 Å². The predicted octanol–water partition coefficient (Wildman–Crippen LogP) is 4.81. The topological polar surface area (TPSA) is 97.2 Å². The maximum Gasteiger partial charge on any atom is 0.264 e. The summed E-state index contributed by atoms with van der Waals surface area (Å²) in [5.41, 5.74) is 3.47. The number of carbonyl (C=O) groups is 1. The van der Waals surface area contributed by atoms with Crippen molar-refractivity contribution in [3.8, 4) is 17.5 Å². The minimum atomic E-state index is -0.377. The molecule has 1 aliphatic heterocycles. The van der Waals surface area contributed by atoms with Crippen LogP contribution in [0.5, 0.6) is 0 Å². The molecule has 3 aromatic rings. The van der Waals surface area contributed by atoms with Crippen molar-refractivity contribution < 1.29 is 18.4 Å². The van der Waals surface area contributed by atoms with Gasteiger partial charge in [-0.2, -0.15) is 10.2 Å². The van der Waals surface area contributed by atoms with Gasteiger partial charge >= 0.3 is 0 Å². The maximum absolute atomic E-state index is 13.6. The molecule has 2 atom stereocenters. The molecule has 3 heterocycles. The van der Waals surface area contributed by atoms with Crippen LogP contribution < -0.4 is 0 Å². The molecule has 8 nitrogen and oxygen atoms in total. The fraction of sp³-hybridized carbons (Fsp3) is 0.407. The molecule has 2 aromatic heterocycles. The first-order valence-electron chi connectivity index (χ1n) is 12.0. The van der Waals surface area contributed by atoms with Crippen LogP contribution in [-0.4, -0.2) is 52.3 Å². The lowest BCUT2D eigenvalue weighted by Crippen LogP contribution is -2.39. The Morgan fingerprint density at radius 1 is 1.39 bits per heavy atom. The monoisotopic (exact) mass is 491 g/mol. The van der Waals surface area contributed by atoms with E-state index in [0.29, 0.717) is 37.0 Å². The van der Waals surface area contributed by atoms with E-state index in [-0.39, 0.29) is 29.3 Å². The minimum Gasteiger partial charge on any atom is -0.383 e. The van der Waals surface area contributed by atoms with Crippen LogP contribution in [0.1, 0.15) is 54.6 Å². The Morgan fingerprint density at radius 3 is 2.92 bits per heavy atom. The second-order valence-corrected chi connectivity index (χ2v) is 9.23. The fourth-order valence-corrected chi connectivity index (χ4v) is 4.92. The number of aromatic nitrogens is 3. The molecular weight excluding hydrogens is 461 g/mol. The van der Waals surface area contributed by atoms with Crippen molar-refractivity contribution in [2.75, 3.05) is 26.8 Å². The van der Waals surface area contributed by atoms with Gasteiger partial charge in [-0.1, -0.05) is 17.3 Å². The van der Waals surface area contributed by atoms with E-state index < -0.39 is 0 Å². The molecule has 1 aromatic carbocycles. The lowest BCUT2D eigenvalue weighted by atomic mass is 9.97. The summed E-state index contributed by atoms with van der Waals surface area (Å²) in [6, 6.07) is 10.2. The van der Waals surface area contributed by atoms with Crippen LogP contribution in [0, 0.1) is 31.0 Å². The van der Waals surface area contributed by atoms with Gasteiger partial charge in [-0.05, 0) is 63.5 Å². The first kappa shape index (κ1) is 25.3. The fourth-order valence-electron chi connectivity index (χ4n) is 4.92. The van der Waals surface area contributed by atoms with Gasteiger partial charge in [-0.3, -0.25) is 4.79 Å². The molecule has 0 N–H and O–H groups in total. The summed E-state index contributed by atoms with van der Waals surface area (Å²) in [7, 11) is 1.67. The molecule has 2 unspecified atom stereocenters. The highest BCUT2D eigenvalue weighted by molar-refractivity contribution is 6.02. The Hall–Kier alpha value is -3.77. The average Bonchev–Trinajstić information content (AvgIpc) is 3.47. The van der Waals surface area contributed by atoms with E-state index >= 15 is 0 Å². The van der Waals surface area contributed by atoms with Crippen molar-refractivity contribution in [1.82, 2.24) is 19.6 Å². The highest BCUT2D eigenvalue weighted by Gasteiger charge is 2.30. The normalized spacial score (nSPS) is 17.2. The average molecular weight is 492 g/mol. The standard InChI is InChI=1S/C27H30FN5O3/c1-17-11-22(19(3)33(17)18(2)16-35-4)12-23(14-29)27(34)32-10-6-8-21(15-32)26-30-25(31-36-26)20-7-5-9-24(28)13-20/h5,7,9,11-13,18,21H,6,8,10,15-16H2,1-4H3/b23-12+. The summed E-state index contributed by atoms with van der Waals surface area (Å²) < 4.78 is 26.5. The summed E-state index contributed by atoms with van der Waals surface area (Å²) >= 11 is 0. The van der Waals surface area contributed by atoms with E-state index in [1.54, 1.807) is 30.2 Å². The van der Waals surface area contributed by atoms with Crippen LogP contribution in [0.4, 0.5) is 4.39 Å². The Labute approximate surface area is 210 Å². The molecule has 0 radical (unpaired) electrons. The van der Waals surface area contributed by atoms with Crippen molar-refractivity contribution in [2.45, 2.75) is 45.6 Å². The van der Waals surface area contributed by atoms with Gasteiger partial charge in [0.05, 0.1) is 18.6 Å². The van der Waals surface area contributed by atoms with E-state index in [1.165, 1.54) is 12.1 Å². The number of halogens is 1. The lowest BCUT2D eigenvalue weighted by Gasteiger charge is -2.30. The third kappa shape index (κ3) is 5.24. The molecule has 1 amide bonds. The van der Waals surface area contributed by atoms with Crippen molar-refractivity contribution in [2.24, 2.45) is 0 Å². The van der Waals surface area contributed by atoms with Crippen LogP contribution in [0.3, 0.4) is 0 Å². The summed E-state index contributed by atoms with van der Waals surface area (Å²) in [6.07, 6.45) is 3.19. The zero-order valence-electron chi connectivity index (χ0n) is 21.0. The van der Waals surface area contributed by atoms with E-state index in [2.05, 4.69) is 27.7 Å². The van der Waals surface area contributed by atoms with Gasteiger partial charge in [0, 0.05) is 37.2 Å². The number of hydrogen-bond acceptors (Lipinski definition) is 6. The number of likely N-dealkylation sites (tertiary alicyclic amines) is 1. The first-order chi connectivity index (χ1) is 17.3. The largest absolute Gasteiger partial charge is 0.383 e. The zero-order chi connectivity index (χ0) is 25.8. The van der Waals surface area contributed by atoms with Crippen molar-refractivity contribution in [1.29, 1.82) is 5.26 Å². The molecule has 0 bridgehead atoms. The number of nitriles is 1. The maximum atomic E-state index is 13.6. The highest BCUT2D eigenvalue weighted by Crippen LogP contribution is 2.29. The van der Waals surface area contributed by atoms with E-state index in [0.717, 1.165) is 29.8 Å². The molecule has 0 spiro atoms. The summed E-state index contributed by atoms with van der Waals surface area (Å²) in [5.74, 6) is -0.134. The number of ether oxygens (including phenoxy) is 1. The number of carbonyl (C=O) groups excluding carboxylic acids is 1. The van der Waals surface area contributed by atoms with Crippen molar-refractivity contribution >= 4 is 12.0 Å². The van der Waals surface area contributed by atoms with Gasteiger partial charge in [0.15, 0.2) is 0 Å². The van der Waals surface area contributed by atoms with E-state index in [9.17, 15) is 14.4 Å². The smallest absolute Gasteiger partial charge is 0.264 e. The number of hydrogen-bond donors (Lipinski definition) is 0. The number of benzene rings is 1. The molecule has 36 heavy (non-hydrogen) atoms. The van der Waals surface area contributed by atoms with Gasteiger partial charge in [-0.25, -0.2) is 4.39 Å². The predicted molar refractivity (Wildman–Crippen MR) is 132 cm³/mol. The summed E-state index contributed by atoms with van der Waals surface area (Å²) in [6.45, 7) is 7.53. The molecule has 1 saturated heterocycles. The number of methoxy groups -OCH3 is 1. The van der Waals surface area contributed by atoms with Gasteiger partial charge in [0.2, 0.25) is 11.7 Å². The van der Waals surface area contributed by atoms with Crippen LogP contribution in [0.25, 0.3) is 17.5 Å². The van der Waals surface area contributed by atoms with Crippen LogP contribution in [-0.2, 0) is 9.53 Å². The van der Waals surface area contributed by atoms with Gasteiger partial charge in [0.25, 0.3) is 5.91 Å². The third-order valence-electron chi connectivity index (χ3n) is 6.61. The summed E-state index contributed by atoms with van der Waals surface area (Å²) in [5, 5.41) is 13.8. The Bertz CT molecular complexity index is 1320. The van der Waals surface area contributed by atoms with E-state index in [4.69, 9.17) is 9.26 Å². The van der Waals surface area contributed by atoms with Crippen LogP contribution in [0.2, 0.25) is 0 Å². The van der Waals surface area contributed by atoms with E-state index in [1.807, 2.05) is 19.9 Å². The second kappa shape index (κ2) is 10.9. The highest BCUT2D eigenvalue weighted by atomic mass is 19.1.